The zero-order valence-electron chi connectivity index (χ0n) is 8.42. The third kappa shape index (κ3) is 1.61. The summed E-state index contributed by atoms with van der Waals surface area (Å²) >= 11 is 0. The molecule has 0 spiro atoms. The van der Waals surface area contributed by atoms with Crippen LogP contribution < -0.4 is 17.0 Å². The molecule has 6 heteroatoms. The quantitative estimate of drug-likeness (QED) is 0.376. The third-order valence-corrected chi connectivity index (χ3v) is 2.18. The Kier molecular flexibility index (Phi) is 2.57. The largest absolute Gasteiger partial charge is 0.383 e. The zero-order valence-corrected chi connectivity index (χ0v) is 8.42. The standard InChI is InChI=1S/C10H11N5O/c11-9-8(10(16)14-12)6-13-15(9)7-4-2-1-3-5-7/h1-6H,11-12H2,(H,14,16). The molecule has 2 rings (SSSR count). The summed E-state index contributed by atoms with van der Waals surface area (Å²) in [6, 6.07) is 9.29. The number of nitrogens with two attached hydrogens (primary N) is 2. The molecule has 1 amide bonds. The van der Waals surface area contributed by atoms with Gasteiger partial charge in [-0.05, 0) is 12.1 Å². The molecule has 6 nitrogen and oxygen atoms in total. The summed E-state index contributed by atoms with van der Waals surface area (Å²) in [6.45, 7) is 0. The van der Waals surface area contributed by atoms with Crippen molar-refractivity contribution in [1.29, 1.82) is 0 Å². The molecule has 0 aliphatic rings. The van der Waals surface area contributed by atoms with Gasteiger partial charge in [-0.1, -0.05) is 18.2 Å². The first-order valence-electron chi connectivity index (χ1n) is 4.64. The number of hydrazine groups is 1. The van der Waals surface area contributed by atoms with Crippen LogP contribution in [-0.2, 0) is 0 Å². The number of anilines is 1. The number of para-hydroxylation sites is 1. The average molecular weight is 217 g/mol. The summed E-state index contributed by atoms with van der Waals surface area (Å²) in [7, 11) is 0. The molecule has 0 radical (unpaired) electrons. The number of amides is 1. The maximum atomic E-state index is 11.3. The molecule has 82 valence electrons. The third-order valence-electron chi connectivity index (χ3n) is 2.18. The number of nitrogen functional groups attached to an aromatic ring is 2. The maximum absolute atomic E-state index is 11.3. The van der Waals surface area contributed by atoms with Gasteiger partial charge in [0.05, 0.1) is 11.9 Å². The van der Waals surface area contributed by atoms with Crippen LogP contribution in [0, 0.1) is 0 Å². The number of carbonyl (C=O) groups is 1. The second-order valence-corrected chi connectivity index (χ2v) is 3.16. The zero-order chi connectivity index (χ0) is 11.5. The van der Waals surface area contributed by atoms with Crippen molar-refractivity contribution in [3.63, 3.8) is 0 Å². The number of benzene rings is 1. The van der Waals surface area contributed by atoms with Crippen molar-refractivity contribution in [3.05, 3.63) is 42.1 Å². The van der Waals surface area contributed by atoms with Gasteiger partial charge in [0.2, 0.25) is 0 Å². The fraction of sp³-hybridized carbons (Fsp3) is 0. The van der Waals surface area contributed by atoms with Gasteiger partial charge in [0, 0.05) is 0 Å². The first-order valence-corrected chi connectivity index (χ1v) is 4.64. The van der Waals surface area contributed by atoms with Gasteiger partial charge < -0.3 is 5.73 Å². The molecule has 0 atom stereocenters. The van der Waals surface area contributed by atoms with E-state index in [9.17, 15) is 4.79 Å². The van der Waals surface area contributed by atoms with Gasteiger partial charge in [-0.15, -0.1) is 0 Å². The van der Waals surface area contributed by atoms with Gasteiger partial charge in [-0.25, -0.2) is 10.5 Å². The van der Waals surface area contributed by atoms with Crippen LogP contribution in [0.2, 0.25) is 0 Å². The van der Waals surface area contributed by atoms with Gasteiger partial charge in [0.25, 0.3) is 5.91 Å². The molecule has 0 bridgehead atoms. The van der Waals surface area contributed by atoms with E-state index in [0.29, 0.717) is 0 Å². The number of hydrogen-bond acceptors (Lipinski definition) is 4. The summed E-state index contributed by atoms with van der Waals surface area (Å²) < 4.78 is 1.48. The molecule has 16 heavy (non-hydrogen) atoms. The van der Waals surface area contributed by atoms with Crippen LogP contribution in [0.1, 0.15) is 10.4 Å². The molecule has 0 unspecified atom stereocenters. The van der Waals surface area contributed by atoms with Gasteiger partial charge in [-0.3, -0.25) is 10.2 Å². The molecule has 0 saturated heterocycles. The number of rotatable bonds is 2. The lowest BCUT2D eigenvalue weighted by atomic mass is 10.3. The van der Waals surface area contributed by atoms with E-state index in [1.165, 1.54) is 10.9 Å². The second kappa shape index (κ2) is 4.03. The Hall–Kier alpha value is -2.34. The average Bonchev–Trinajstić information content (AvgIpc) is 2.71. The molecule has 2 aromatic rings. The van der Waals surface area contributed by atoms with E-state index in [4.69, 9.17) is 11.6 Å². The first kappa shape index (κ1) is 10.2. The van der Waals surface area contributed by atoms with Crippen LogP contribution in [0.4, 0.5) is 5.82 Å². The van der Waals surface area contributed by atoms with Crippen LogP contribution in [0.3, 0.4) is 0 Å². The minimum absolute atomic E-state index is 0.256. The van der Waals surface area contributed by atoms with Crippen molar-refractivity contribution in [2.45, 2.75) is 0 Å². The molecule has 0 fully saturated rings. The molecule has 1 aromatic heterocycles. The summed E-state index contributed by atoms with van der Waals surface area (Å²) in [6.07, 6.45) is 1.38. The Morgan fingerprint density at radius 1 is 1.31 bits per heavy atom. The van der Waals surface area contributed by atoms with Gasteiger partial charge in [0.1, 0.15) is 11.4 Å². The molecule has 5 N–H and O–H groups in total. The first-order chi connectivity index (χ1) is 7.74. The van der Waals surface area contributed by atoms with Crippen molar-refractivity contribution in [2.75, 3.05) is 5.73 Å². The lowest BCUT2D eigenvalue weighted by Gasteiger charge is -2.04. The number of nitrogens with one attached hydrogen (secondary N) is 1. The van der Waals surface area contributed by atoms with E-state index in [0.717, 1.165) is 5.69 Å². The van der Waals surface area contributed by atoms with Crippen LogP contribution >= 0.6 is 0 Å². The van der Waals surface area contributed by atoms with Crippen molar-refractivity contribution in [1.82, 2.24) is 15.2 Å². The number of carbonyl (C=O) groups excluding carboxylic acids is 1. The Labute approximate surface area is 91.8 Å². The van der Waals surface area contributed by atoms with Crippen molar-refractivity contribution in [3.8, 4) is 5.69 Å². The molecular weight excluding hydrogens is 206 g/mol. The number of nitrogens with zero attached hydrogens (tertiary/aromatic N) is 2. The summed E-state index contributed by atoms with van der Waals surface area (Å²) in [5.74, 6) is 4.83. The molecule has 0 aliphatic heterocycles. The smallest absolute Gasteiger partial charge is 0.270 e. The monoisotopic (exact) mass is 217 g/mol. The van der Waals surface area contributed by atoms with Gasteiger partial charge >= 0.3 is 0 Å². The predicted octanol–water partition coefficient (Wildman–Crippen LogP) is 0.0580. The highest BCUT2D eigenvalue weighted by atomic mass is 16.2. The summed E-state index contributed by atoms with van der Waals surface area (Å²) in [5.41, 5.74) is 8.85. The second-order valence-electron chi connectivity index (χ2n) is 3.16. The molecule has 0 saturated carbocycles. The lowest BCUT2D eigenvalue weighted by molar-refractivity contribution is 0.0954. The molecule has 1 heterocycles. The van der Waals surface area contributed by atoms with Crippen LogP contribution in [0.15, 0.2) is 36.5 Å². The highest BCUT2D eigenvalue weighted by Crippen LogP contribution is 2.16. The summed E-state index contributed by atoms with van der Waals surface area (Å²) in [4.78, 5) is 11.3. The van der Waals surface area contributed by atoms with Crippen LogP contribution in [-0.4, -0.2) is 15.7 Å². The molecule has 1 aromatic carbocycles. The highest BCUT2D eigenvalue weighted by molar-refractivity contribution is 5.98. The van der Waals surface area contributed by atoms with Gasteiger partial charge in [0.15, 0.2) is 0 Å². The predicted molar refractivity (Wildman–Crippen MR) is 59.6 cm³/mol. The normalized spacial score (nSPS) is 10.1. The molecular formula is C10H11N5O. The Balaban J connectivity index is 2.45. The Morgan fingerprint density at radius 3 is 2.62 bits per heavy atom. The topological polar surface area (TPSA) is 99.0 Å². The van der Waals surface area contributed by atoms with E-state index in [1.807, 2.05) is 35.8 Å². The number of hydrogen-bond donors (Lipinski definition) is 3. The fourth-order valence-corrected chi connectivity index (χ4v) is 1.39. The Bertz CT molecular complexity index is 505. The maximum Gasteiger partial charge on any atom is 0.270 e. The van der Waals surface area contributed by atoms with Crippen molar-refractivity contribution in [2.24, 2.45) is 5.84 Å². The summed E-state index contributed by atoms with van der Waals surface area (Å²) in [5, 5.41) is 4.03. The van der Waals surface area contributed by atoms with Crippen molar-refractivity contribution >= 4 is 11.7 Å². The minimum Gasteiger partial charge on any atom is -0.383 e. The van der Waals surface area contributed by atoms with E-state index < -0.39 is 5.91 Å². The molecule has 0 aliphatic carbocycles. The lowest BCUT2D eigenvalue weighted by Crippen LogP contribution is -2.30. The fourth-order valence-electron chi connectivity index (χ4n) is 1.39. The highest BCUT2D eigenvalue weighted by Gasteiger charge is 2.14. The van der Waals surface area contributed by atoms with Crippen molar-refractivity contribution < 1.29 is 4.79 Å². The Morgan fingerprint density at radius 2 is 2.00 bits per heavy atom. The SMILES string of the molecule is NNC(=O)c1cnn(-c2ccccc2)c1N. The van der Waals surface area contributed by atoms with Gasteiger partial charge in [-0.2, -0.15) is 5.10 Å². The van der Waals surface area contributed by atoms with Crippen LogP contribution in [0.5, 0.6) is 0 Å². The van der Waals surface area contributed by atoms with E-state index in [1.54, 1.807) is 0 Å². The van der Waals surface area contributed by atoms with E-state index in [-0.39, 0.29) is 11.4 Å². The van der Waals surface area contributed by atoms with Crippen LogP contribution in [0.25, 0.3) is 5.69 Å². The minimum atomic E-state index is -0.459. The van der Waals surface area contributed by atoms with E-state index in [2.05, 4.69) is 5.10 Å². The van der Waals surface area contributed by atoms with E-state index >= 15 is 0 Å². The number of aromatic nitrogens is 2.